The molecule has 0 amide bonds. The van der Waals surface area contributed by atoms with Gasteiger partial charge in [0.1, 0.15) is 5.60 Å². The fourth-order valence-electron chi connectivity index (χ4n) is 5.20. The summed E-state index contributed by atoms with van der Waals surface area (Å²) in [5.41, 5.74) is 0.441. The molecule has 1 aliphatic carbocycles. The quantitative estimate of drug-likeness (QED) is 0.683. The lowest BCUT2D eigenvalue weighted by Gasteiger charge is -2.50. The maximum atomic E-state index is 13.6. The van der Waals surface area contributed by atoms with Crippen LogP contribution in [0.2, 0.25) is 0 Å². The van der Waals surface area contributed by atoms with Crippen LogP contribution in [-0.4, -0.2) is 36.1 Å². The number of ether oxygens (including phenoxy) is 1. The summed E-state index contributed by atoms with van der Waals surface area (Å²) in [4.78, 5) is 16.1. The first-order valence-electron chi connectivity index (χ1n) is 9.76. The van der Waals surface area contributed by atoms with Crippen molar-refractivity contribution < 1.29 is 9.53 Å². The summed E-state index contributed by atoms with van der Waals surface area (Å²) in [6, 6.07) is 8.33. The van der Waals surface area contributed by atoms with E-state index >= 15 is 0 Å². The molecule has 0 radical (unpaired) electrons. The van der Waals surface area contributed by atoms with Crippen LogP contribution >= 0.6 is 15.9 Å². The zero-order valence-corrected chi connectivity index (χ0v) is 16.7. The van der Waals surface area contributed by atoms with Gasteiger partial charge in [0.05, 0.1) is 5.41 Å². The zero-order chi connectivity index (χ0) is 17.5. The van der Waals surface area contributed by atoms with Crippen LogP contribution < -0.4 is 0 Å². The van der Waals surface area contributed by atoms with Crippen LogP contribution in [0.25, 0.3) is 0 Å². The molecular formula is C21H28BrNO2. The normalized spacial score (nSPS) is 37.7. The summed E-state index contributed by atoms with van der Waals surface area (Å²) in [6.07, 6.45) is 7.33. The van der Waals surface area contributed by atoms with Crippen LogP contribution in [0.4, 0.5) is 0 Å². The van der Waals surface area contributed by atoms with Gasteiger partial charge in [0.15, 0.2) is 0 Å². The zero-order valence-electron chi connectivity index (χ0n) is 15.1. The highest BCUT2D eigenvalue weighted by molar-refractivity contribution is 9.10. The van der Waals surface area contributed by atoms with Crippen LogP contribution in [0, 0.1) is 5.92 Å². The van der Waals surface area contributed by atoms with Crippen molar-refractivity contribution >= 4 is 21.9 Å². The summed E-state index contributed by atoms with van der Waals surface area (Å²) in [5, 5.41) is 0. The fourth-order valence-corrected chi connectivity index (χ4v) is 5.60. The second-order valence-corrected chi connectivity index (χ2v) is 9.21. The number of carbonyl (C=O) groups is 1. The van der Waals surface area contributed by atoms with Crippen molar-refractivity contribution in [2.75, 3.05) is 19.6 Å². The lowest BCUT2D eigenvalue weighted by atomic mass is 9.63. The highest BCUT2D eigenvalue weighted by atomic mass is 79.9. The first-order valence-corrected chi connectivity index (χ1v) is 10.6. The lowest BCUT2D eigenvalue weighted by Crippen LogP contribution is -2.57. The Balaban J connectivity index is 1.67. The summed E-state index contributed by atoms with van der Waals surface area (Å²) in [5.74, 6) is 0.358. The van der Waals surface area contributed by atoms with Gasteiger partial charge in [-0.15, -0.1) is 0 Å². The maximum Gasteiger partial charge on any atom is 0.317 e. The van der Waals surface area contributed by atoms with Gasteiger partial charge in [0.2, 0.25) is 0 Å². The monoisotopic (exact) mass is 405 g/mol. The molecular weight excluding hydrogens is 378 g/mol. The lowest BCUT2D eigenvalue weighted by molar-refractivity contribution is -0.183. The maximum absolute atomic E-state index is 13.6. The topological polar surface area (TPSA) is 29.5 Å². The van der Waals surface area contributed by atoms with Gasteiger partial charge < -0.3 is 9.64 Å². The van der Waals surface area contributed by atoms with Crippen molar-refractivity contribution in [3.63, 3.8) is 0 Å². The second kappa shape index (κ2) is 6.70. The van der Waals surface area contributed by atoms with Crippen LogP contribution in [0.5, 0.6) is 0 Å². The number of nitrogens with zero attached hydrogens (tertiary/aromatic N) is 1. The smallest absolute Gasteiger partial charge is 0.317 e. The van der Waals surface area contributed by atoms with Gasteiger partial charge in [-0.25, -0.2) is 0 Å². The second-order valence-electron chi connectivity index (χ2n) is 8.29. The van der Waals surface area contributed by atoms with E-state index in [1.54, 1.807) is 0 Å². The van der Waals surface area contributed by atoms with Gasteiger partial charge in [-0.05, 0) is 36.5 Å². The molecule has 136 valence electrons. The molecule has 2 bridgehead atoms. The Kier molecular flexibility index (Phi) is 4.70. The van der Waals surface area contributed by atoms with Gasteiger partial charge in [-0.1, -0.05) is 47.8 Å². The first kappa shape index (κ1) is 17.5. The number of hydrogen-bond acceptors (Lipinski definition) is 3. The van der Waals surface area contributed by atoms with Crippen molar-refractivity contribution in [2.45, 2.75) is 62.9 Å². The summed E-state index contributed by atoms with van der Waals surface area (Å²) < 4.78 is 7.43. The third-order valence-corrected chi connectivity index (χ3v) is 7.46. The average molecular weight is 406 g/mol. The molecule has 3 saturated heterocycles. The van der Waals surface area contributed by atoms with Gasteiger partial charge in [0.25, 0.3) is 0 Å². The van der Waals surface area contributed by atoms with E-state index in [9.17, 15) is 4.79 Å². The van der Waals surface area contributed by atoms with Crippen LogP contribution in [0.3, 0.4) is 0 Å². The van der Waals surface area contributed by atoms with Gasteiger partial charge in [-0.3, -0.25) is 4.79 Å². The average Bonchev–Trinajstić information content (AvgIpc) is 2.63. The summed E-state index contributed by atoms with van der Waals surface area (Å²) in [6.45, 7) is 5.47. The van der Waals surface area contributed by atoms with Crippen molar-refractivity contribution in [3.8, 4) is 0 Å². The molecule has 4 heteroatoms. The van der Waals surface area contributed by atoms with E-state index in [4.69, 9.17) is 4.74 Å². The minimum Gasteiger partial charge on any atom is -0.458 e. The summed E-state index contributed by atoms with van der Waals surface area (Å²) >= 11 is 3.59. The molecule has 4 fully saturated rings. The number of esters is 1. The number of halogens is 1. The first-order chi connectivity index (χ1) is 12.0. The Bertz CT molecular complexity index is 639. The molecule has 1 aromatic rings. The molecule has 4 aliphatic rings. The van der Waals surface area contributed by atoms with Gasteiger partial charge in [0, 0.05) is 43.4 Å². The van der Waals surface area contributed by atoms with E-state index in [-0.39, 0.29) is 11.6 Å². The number of rotatable bonds is 3. The highest BCUT2D eigenvalue weighted by Crippen LogP contribution is 2.47. The molecule has 2 unspecified atom stereocenters. The van der Waals surface area contributed by atoms with Gasteiger partial charge >= 0.3 is 5.97 Å². The molecule has 0 spiro atoms. The molecule has 0 N–H and O–H groups in total. The van der Waals surface area contributed by atoms with Gasteiger partial charge in [-0.2, -0.15) is 0 Å². The standard InChI is InChI=1S/C21H28BrNO2/c1-16-5-2-3-8-21(16,17-6-4-7-18(22)15-17)19(24)25-20-9-12-23(13-10-20)14-11-20/h4,6-7,15-16H,2-3,5,8-14H2,1H3. The molecule has 3 aliphatic heterocycles. The van der Waals surface area contributed by atoms with Crippen molar-refractivity contribution in [1.82, 2.24) is 4.90 Å². The molecule has 2 atom stereocenters. The van der Waals surface area contributed by atoms with Crippen LogP contribution in [0.15, 0.2) is 28.7 Å². The molecule has 0 aromatic heterocycles. The fraction of sp³-hybridized carbons (Fsp3) is 0.667. The van der Waals surface area contributed by atoms with Crippen molar-refractivity contribution in [2.24, 2.45) is 5.92 Å². The SMILES string of the molecule is CC1CCCCC1(C(=O)OC12CCN(CC1)CC2)c1cccc(Br)c1. The Hall–Kier alpha value is -0.870. The van der Waals surface area contributed by atoms with E-state index in [0.717, 1.165) is 68.2 Å². The largest absolute Gasteiger partial charge is 0.458 e. The minimum absolute atomic E-state index is 0.0353. The van der Waals surface area contributed by atoms with Crippen molar-refractivity contribution in [1.29, 1.82) is 0 Å². The Morgan fingerprint density at radius 2 is 1.88 bits per heavy atom. The van der Waals surface area contributed by atoms with Crippen LogP contribution in [-0.2, 0) is 14.9 Å². The molecule has 25 heavy (non-hydrogen) atoms. The highest BCUT2D eigenvalue weighted by Gasteiger charge is 2.51. The Morgan fingerprint density at radius 1 is 1.16 bits per heavy atom. The van der Waals surface area contributed by atoms with E-state index in [2.05, 4.69) is 39.9 Å². The number of hydrogen-bond donors (Lipinski definition) is 0. The number of benzene rings is 1. The van der Waals surface area contributed by atoms with Crippen molar-refractivity contribution in [3.05, 3.63) is 34.3 Å². The van der Waals surface area contributed by atoms with E-state index < -0.39 is 5.41 Å². The molecule has 5 rings (SSSR count). The Labute approximate surface area is 159 Å². The summed E-state index contributed by atoms with van der Waals surface area (Å²) in [7, 11) is 0. The molecule has 3 heterocycles. The molecule has 3 nitrogen and oxygen atoms in total. The van der Waals surface area contributed by atoms with E-state index in [1.165, 1.54) is 6.42 Å². The predicted molar refractivity (Wildman–Crippen MR) is 103 cm³/mol. The minimum atomic E-state index is -0.481. The molecule has 1 saturated carbocycles. The Morgan fingerprint density at radius 3 is 2.52 bits per heavy atom. The third kappa shape index (κ3) is 3.06. The number of fused-ring (bicyclic) bond motifs is 3. The van der Waals surface area contributed by atoms with Crippen LogP contribution in [0.1, 0.15) is 57.4 Å². The molecule has 1 aromatic carbocycles. The number of carbonyl (C=O) groups excluding carboxylic acids is 1. The van der Waals surface area contributed by atoms with E-state index in [1.807, 2.05) is 12.1 Å². The number of piperidine rings is 3. The predicted octanol–water partition coefficient (Wildman–Crippen LogP) is 4.68. The van der Waals surface area contributed by atoms with E-state index in [0.29, 0.717) is 5.92 Å². The third-order valence-electron chi connectivity index (χ3n) is 6.96.